The van der Waals surface area contributed by atoms with Crippen LogP contribution in [0, 0.1) is 0 Å². The summed E-state index contributed by atoms with van der Waals surface area (Å²) in [7, 11) is 0. The third kappa shape index (κ3) is 7.07. The van der Waals surface area contributed by atoms with Gasteiger partial charge in [0.15, 0.2) is 17.6 Å². The number of aliphatic hydroxyl groups is 5. The molecule has 1 amide bonds. The number of nitrogens with zero attached hydrogens (tertiary/aromatic N) is 3. The van der Waals surface area contributed by atoms with Gasteiger partial charge in [0, 0.05) is 36.3 Å². The van der Waals surface area contributed by atoms with Gasteiger partial charge in [-0.15, -0.1) is 0 Å². The molecule has 16 nitrogen and oxygen atoms in total. The molecule has 52 heavy (non-hydrogen) atoms. The van der Waals surface area contributed by atoms with Gasteiger partial charge in [-0.2, -0.15) is 0 Å². The Morgan fingerprint density at radius 2 is 1.73 bits per heavy atom. The van der Waals surface area contributed by atoms with Crippen LogP contribution in [0.4, 0.5) is 5.69 Å². The second-order valence-corrected chi connectivity index (χ2v) is 12.6. The summed E-state index contributed by atoms with van der Waals surface area (Å²) in [5.74, 6) is -7.52. The minimum Gasteiger partial charge on any atom is -0.508 e. The molecule has 9 N–H and O–H groups in total. The molecule has 3 aromatic carbocycles. The number of amides is 1. The number of ether oxygens (including phenoxy) is 2. The number of aliphatic hydroxyl groups excluding tert-OH is 4. The Hall–Kier alpha value is -5.36. The first kappa shape index (κ1) is 36.4. The highest BCUT2D eigenvalue weighted by atomic mass is 16.8. The molecule has 3 aliphatic rings. The number of aryl methyl sites for hydroxylation is 1. The molecule has 3 aliphatic heterocycles. The van der Waals surface area contributed by atoms with Crippen molar-refractivity contribution in [1.29, 1.82) is 0 Å². The number of aliphatic imine (C=N–C) groups is 2. The van der Waals surface area contributed by atoms with Crippen molar-refractivity contribution in [1.82, 2.24) is 0 Å². The van der Waals surface area contributed by atoms with Gasteiger partial charge in [0.1, 0.15) is 42.5 Å². The normalized spacial score (nSPS) is 26.8. The highest BCUT2D eigenvalue weighted by molar-refractivity contribution is 6.32. The Labute approximate surface area is 296 Å². The third-order valence-electron chi connectivity index (χ3n) is 9.31. The molecule has 274 valence electrons. The van der Waals surface area contributed by atoms with Crippen LogP contribution in [0.3, 0.4) is 0 Å². The summed E-state index contributed by atoms with van der Waals surface area (Å²) in [6.45, 7) is -0.600. The Balaban J connectivity index is 1.37. The van der Waals surface area contributed by atoms with E-state index in [-0.39, 0.29) is 42.0 Å². The topological polar surface area (TPSA) is 263 Å². The monoisotopic (exact) mass is 719 g/mol. The zero-order valence-corrected chi connectivity index (χ0v) is 27.4. The van der Waals surface area contributed by atoms with Crippen LogP contribution in [-0.4, -0.2) is 119 Å². The molecule has 0 bridgehead atoms. The molecule has 0 saturated carbocycles. The number of benzene rings is 3. The van der Waals surface area contributed by atoms with Crippen LogP contribution in [-0.2, 0) is 27.2 Å². The number of carboxylic acid groups (broad SMARTS) is 1. The molecule has 0 aromatic heterocycles. The van der Waals surface area contributed by atoms with Crippen LogP contribution in [0.5, 0.6) is 23.0 Å². The van der Waals surface area contributed by atoms with Crippen LogP contribution in [0.15, 0.2) is 70.7 Å². The molecule has 0 radical (unpaired) electrons. The van der Waals surface area contributed by atoms with Crippen molar-refractivity contribution in [2.75, 3.05) is 18.2 Å². The Bertz CT molecular complexity index is 1950. The Kier molecular flexibility index (Phi) is 10.3. The van der Waals surface area contributed by atoms with Gasteiger partial charge in [0.05, 0.1) is 18.0 Å². The first-order valence-electron chi connectivity index (χ1n) is 16.3. The van der Waals surface area contributed by atoms with Gasteiger partial charge < -0.3 is 55.4 Å². The zero-order valence-electron chi connectivity index (χ0n) is 27.4. The molecule has 0 unspecified atom stereocenters. The van der Waals surface area contributed by atoms with Crippen LogP contribution in [0.2, 0.25) is 0 Å². The van der Waals surface area contributed by atoms with Gasteiger partial charge in [-0.05, 0) is 59.9 Å². The quantitative estimate of drug-likeness (QED) is 0.0970. The molecule has 0 spiro atoms. The van der Waals surface area contributed by atoms with Crippen molar-refractivity contribution in [2.45, 2.75) is 61.6 Å². The largest absolute Gasteiger partial charge is 0.508 e. The fourth-order valence-corrected chi connectivity index (χ4v) is 6.63. The van der Waals surface area contributed by atoms with E-state index in [1.165, 1.54) is 18.2 Å². The second kappa shape index (κ2) is 14.7. The summed E-state index contributed by atoms with van der Waals surface area (Å²) in [5, 5.41) is 94.0. The summed E-state index contributed by atoms with van der Waals surface area (Å²) in [6.07, 6.45) is -3.05. The summed E-state index contributed by atoms with van der Waals surface area (Å²) in [5.41, 5.74) is 2.36. The van der Waals surface area contributed by atoms with E-state index < -0.39 is 72.3 Å². The summed E-state index contributed by atoms with van der Waals surface area (Å²) in [4.78, 5) is 36.2. The van der Waals surface area contributed by atoms with Gasteiger partial charge in [-0.1, -0.05) is 24.3 Å². The van der Waals surface area contributed by atoms with E-state index in [1.807, 2.05) is 0 Å². The number of carbonyl (C=O) groups excluding carboxylic acids is 1. The molecule has 7 atom stereocenters. The molecule has 1 saturated heterocycles. The smallest absolute Gasteiger partial charge is 0.355 e. The lowest BCUT2D eigenvalue weighted by molar-refractivity contribution is -0.422. The van der Waals surface area contributed by atoms with Crippen molar-refractivity contribution in [3.63, 3.8) is 0 Å². The molecule has 3 heterocycles. The molecule has 6 rings (SSSR count). The standard InChI is InChI=1S/C36H37N3O13/c40-16-29-32(45)33(46)34(47)36(50,52-29)51-28-14-24-23(13-27(28)43)22(8-7-19-3-1-2-4-25(19)41)31(35(48)49)39(24)30(44)10-6-18-5-9-26(42)20(11-18)12-21-15-37-17-38-21/h1-6,9-11,13-15,22,29,31-34,40-43,45-47,50H,7-8,12,16-17H2,(H,48,49)/t22-,29-,31-,32-,33+,34-,36-/m1/s1. The van der Waals surface area contributed by atoms with Crippen molar-refractivity contribution in [2.24, 2.45) is 9.98 Å². The Morgan fingerprint density at radius 1 is 0.981 bits per heavy atom. The van der Waals surface area contributed by atoms with E-state index in [0.29, 0.717) is 29.1 Å². The summed E-state index contributed by atoms with van der Waals surface area (Å²) >= 11 is 0. The molecular weight excluding hydrogens is 682 g/mol. The summed E-state index contributed by atoms with van der Waals surface area (Å²) in [6, 6.07) is 11.8. The lowest BCUT2D eigenvalue weighted by atomic mass is 9.88. The van der Waals surface area contributed by atoms with Crippen molar-refractivity contribution < 1.29 is 65.0 Å². The van der Waals surface area contributed by atoms with E-state index in [2.05, 4.69) is 9.98 Å². The van der Waals surface area contributed by atoms with Crippen molar-refractivity contribution >= 4 is 35.6 Å². The lowest BCUT2D eigenvalue weighted by Gasteiger charge is -2.44. The van der Waals surface area contributed by atoms with E-state index in [0.717, 1.165) is 23.1 Å². The first-order valence-corrected chi connectivity index (χ1v) is 16.3. The number of aromatic hydroxyl groups is 3. The highest BCUT2D eigenvalue weighted by Gasteiger charge is 2.56. The highest BCUT2D eigenvalue weighted by Crippen LogP contribution is 2.49. The van der Waals surface area contributed by atoms with E-state index >= 15 is 0 Å². The molecule has 3 aromatic rings. The number of rotatable bonds is 11. The number of para-hydroxylation sites is 1. The Morgan fingerprint density at radius 3 is 2.42 bits per heavy atom. The predicted octanol–water partition coefficient (Wildman–Crippen LogP) is 0.557. The number of anilines is 1. The SMILES string of the molecule is O=C(O)[C@H]1[C@H](CCc2ccccc2O)c2cc(O)c(O[C@@]3(O)O[C@H](CO)[C@@H](O)[C@H](O)[C@H]3O)cc2N1C(=O)C=Cc1ccc(O)c(CC2=NCN=C2)c1. The number of hydrogen-bond donors (Lipinski definition) is 9. The molecule has 0 aliphatic carbocycles. The summed E-state index contributed by atoms with van der Waals surface area (Å²) < 4.78 is 10.6. The van der Waals surface area contributed by atoms with Crippen molar-refractivity contribution in [3.8, 4) is 23.0 Å². The molecule has 16 heteroatoms. The number of phenolic OH excluding ortho intramolecular Hbond substituents is 3. The van der Waals surface area contributed by atoms with Crippen LogP contribution >= 0.6 is 0 Å². The maximum absolute atomic E-state index is 14.0. The van der Waals surface area contributed by atoms with Gasteiger partial charge in [-0.3, -0.25) is 19.7 Å². The maximum atomic E-state index is 14.0. The fourth-order valence-electron chi connectivity index (χ4n) is 6.63. The number of hydrogen-bond acceptors (Lipinski definition) is 14. The minimum absolute atomic E-state index is 0.00609. The van der Waals surface area contributed by atoms with Gasteiger partial charge in [0.25, 0.3) is 5.91 Å². The average Bonchev–Trinajstić information content (AvgIpc) is 3.75. The number of carboxylic acids is 1. The molecular formula is C36H37N3O13. The number of fused-ring (bicyclic) bond motifs is 1. The minimum atomic E-state index is -3.12. The van der Waals surface area contributed by atoms with E-state index in [9.17, 15) is 55.5 Å². The molecule has 1 fully saturated rings. The second-order valence-electron chi connectivity index (χ2n) is 12.6. The van der Waals surface area contributed by atoms with E-state index in [4.69, 9.17) is 9.47 Å². The fraction of sp³-hybridized carbons (Fsp3) is 0.333. The average molecular weight is 720 g/mol. The first-order chi connectivity index (χ1) is 24.8. The number of phenols is 3. The van der Waals surface area contributed by atoms with Crippen LogP contribution < -0.4 is 9.64 Å². The van der Waals surface area contributed by atoms with Crippen LogP contribution in [0.1, 0.15) is 34.6 Å². The zero-order chi connectivity index (χ0) is 37.3. The lowest BCUT2D eigenvalue weighted by Crippen LogP contribution is -2.67. The van der Waals surface area contributed by atoms with Gasteiger partial charge in [0.2, 0.25) is 0 Å². The van der Waals surface area contributed by atoms with Crippen molar-refractivity contribution in [3.05, 3.63) is 82.9 Å². The third-order valence-corrected chi connectivity index (χ3v) is 9.31. The van der Waals surface area contributed by atoms with Gasteiger partial charge in [-0.25, -0.2) is 4.79 Å². The number of carbonyl (C=O) groups is 2. The number of aliphatic carboxylic acids is 1. The van der Waals surface area contributed by atoms with Gasteiger partial charge >= 0.3 is 11.9 Å². The van der Waals surface area contributed by atoms with E-state index in [1.54, 1.807) is 36.5 Å². The van der Waals surface area contributed by atoms with Crippen LogP contribution in [0.25, 0.3) is 6.08 Å². The maximum Gasteiger partial charge on any atom is 0.355 e. The predicted molar refractivity (Wildman–Crippen MR) is 183 cm³/mol.